The fourth-order valence-corrected chi connectivity index (χ4v) is 4.35. The van der Waals surface area contributed by atoms with Crippen molar-refractivity contribution >= 4 is 34.2 Å². The predicted molar refractivity (Wildman–Crippen MR) is 122 cm³/mol. The Balaban J connectivity index is 1.30. The first kappa shape index (κ1) is 21.5. The molecule has 1 aliphatic heterocycles. The SMILES string of the molecule is COc1cc(OC)c(NC(=O)CN2CCC(Cn3cnc4ccccc43)CC2)cc1Cl. The maximum Gasteiger partial charge on any atom is 0.238 e. The summed E-state index contributed by atoms with van der Waals surface area (Å²) in [4.78, 5) is 19.3. The van der Waals surface area contributed by atoms with Gasteiger partial charge in [0.25, 0.3) is 0 Å². The van der Waals surface area contributed by atoms with Gasteiger partial charge < -0.3 is 19.4 Å². The Morgan fingerprint density at radius 1 is 1.16 bits per heavy atom. The van der Waals surface area contributed by atoms with Gasteiger partial charge in [-0.25, -0.2) is 4.98 Å². The topological polar surface area (TPSA) is 68.6 Å². The molecule has 0 radical (unpaired) electrons. The van der Waals surface area contributed by atoms with Gasteiger partial charge in [0.15, 0.2) is 0 Å². The third kappa shape index (κ3) is 4.94. The molecule has 0 spiro atoms. The summed E-state index contributed by atoms with van der Waals surface area (Å²) < 4.78 is 12.8. The van der Waals surface area contributed by atoms with Gasteiger partial charge in [-0.05, 0) is 50.0 Å². The molecule has 0 aliphatic carbocycles. The van der Waals surface area contributed by atoms with Gasteiger partial charge in [0, 0.05) is 12.6 Å². The highest BCUT2D eigenvalue weighted by molar-refractivity contribution is 6.32. The number of carbonyl (C=O) groups excluding carboxylic acids is 1. The first-order valence-electron chi connectivity index (χ1n) is 10.4. The molecule has 1 aromatic heterocycles. The lowest BCUT2D eigenvalue weighted by atomic mass is 9.96. The molecule has 4 rings (SSSR count). The number of piperidine rings is 1. The Morgan fingerprint density at radius 3 is 2.65 bits per heavy atom. The Labute approximate surface area is 186 Å². The van der Waals surface area contributed by atoms with Gasteiger partial charge in [-0.15, -0.1) is 0 Å². The van der Waals surface area contributed by atoms with Crippen molar-refractivity contribution in [3.63, 3.8) is 0 Å². The zero-order valence-corrected chi connectivity index (χ0v) is 18.6. The number of aromatic nitrogens is 2. The highest BCUT2D eigenvalue weighted by Gasteiger charge is 2.22. The second-order valence-corrected chi connectivity index (χ2v) is 8.25. The third-order valence-electron chi connectivity index (χ3n) is 5.80. The van der Waals surface area contributed by atoms with Gasteiger partial charge >= 0.3 is 0 Å². The molecular weight excluding hydrogens is 416 g/mol. The largest absolute Gasteiger partial charge is 0.495 e. The van der Waals surface area contributed by atoms with E-state index in [1.165, 1.54) is 12.6 Å². The van der Waals surface area contributed by atoms with Crippen LogP contribution in [0.2, 0.25) is 5.02 Å². The van der Waals surface area contributed by atoms with E-state index in [9.17, 15) is 4.79 Å². The fraction of sp³-hybridized carbons (Fsp3) is 0.391. The molecule has 164 valence electrons. The number of hydrogen-bond donors (Lipinski definition) is 1. The summed E-state index contributed by atoms with van der Waals surface area (Å²) in [5.74, 6) is 1.51. The minimum absolute atomic E-state index is 0.0846. The quantitative estimate of drug-likeness (QED) is 0.597. The summed E-state index contributed by atoms with van der Waals surface area (Å²) in [6.07, 6.45) is 4.03. The van der Waals surface area contributed by atoms with Gasteiger partial charge in [-0.1, -0.05) is 23.7 Å². The average Bonchev–Trinajstić information content (AvgIpc) is 3.18. The third-order valence-corrected chi connectivity index (χ3v) is 6.10. The normalized spacial score (nSPS) is 15.2. The van der Waals surface area contributed by atoms with Gasteiger partial charge in [-0.2, -0.15) is 0 Å². The van der Waals surface area contributed by atoms with Crippen LogP contribution in [0.25, 0.3) is 11.0 Å². The van der Waals surface area contributed by atoms with Gasteiger partial charge in [-0.3, -0.25) is 9.69 Å². The molecule has 1 aliphatic rings. The van der Waals surface area contributed by atoms with E-state index in [0.717, 1.165) is 38.0 Å². The highest BCUT2D eigenvalue weighted by Crippen LogP contribution is 2.35. The first-order valence-corrected chi connectivity index (χ1v) is 10.8. The Hall–Kier alpha value is -2.77. The minimum Gasteiger partial charge on any atom is -0.495 e. The maximum atomic E-state index is 12.6. The first-order chi connectivity index (χ1) is 15.1. The van der Waals surface area contributed by atoms with Crippen LogP contribution in [0, 0.1) is 5.92 Å². The molecule has 2 heterocycles. The van der Waals surface area contributed by atoms with Crippen molar-refractivity contribution in [3.05, 3.63) is 47.7 Å². The molecule has 31 heavy (non-hydrogen) atoms. The summed E-state index contributed by atoms with van der Waals surface area (Å²) >= 11 is 6.20. The van der Waals surface area contributed by atoms with Crippen molar-refractivity contribution < 1.29 is 14.3 Å². The number of rotatable bonds is 7. The number of methoxy groups -OCH3 is 2. The Kier molecular flexibility index (Phi) is 6.63. The van der Waals surface area contributed by atoms with Crippen LogP contribution in [-0.4, -0.2) is 54.2 Å². The molecule has 0 bridgehead atoms. The number of carbonyl (C=O) groups is 1. The number of amides is 1. The van der Waals surface area contributed by atoms with Crippen molar-refractivity contribution in [2.24, 2.45) is 5.92 Å². The number of ether oxygens (including phenoxy) is 2. The number of hydrogen-bond acceptors (Lipinski definition) is 5. The van der Waals surface area contributed by atoms with Crippen LogP contribution >= 0.6 is 11.6 Å². The van der Waals surface area contributed by atoms with Crippen LogP contribution < -0.4 is 14.8 Å². The van der Waals surface area contributed by atoms with E-state index in [1.54, 1.807) is 19.2 Å². The van der Waals surface area contributed by atoms with Crippen LogP contribution in [0.15, 0.2) is 42.7 Å². The van der Waals surface area contributed by atoms with E-state index in [1.807, 2.05) is 24.5 Å². The molecule has 1 N–H and O–H groups in total. The van der Waals surface area contributed by atoms with E-state index in [-0.39, 0.29) is 5.91 Å². The van der Waals surface area contributed by atoms with E-state index < -0.39 is 0 Å². The predicted octanol–water partition coefficient (Wildman–Crippen LogP) is 4.06. The molecule has 3 aromatic rings. The number of para-hydroxylation sites is 2. The zero-order chi connectivity index (χ0) is 21.8. The van der Waals surface area contributed by atoms with Crippen molar-refractivity contribution in [2.45, 2.75) is 19.4 Å². The van der Waals surface area contributed by atoms with E-state index >= 15 is 0 Å². The van der Waals surface area contributed by atoms with E-state index in [2.05, 4.69) is 25.8 Å². The summed E-state index contributed by atoms with van der Waals surface area (Å²) in [6.45, 7) is 3.09. The number of likely N-dealkylation sites (tertiary alicyclic amines) is 1. The number of nitrogens with one attached hydrogen (secondary N) is 1. The summed E-state index contributed by atoms with van der Waals surface area (Å²) in [5, 5.41) is 3.33. The van der Waals surface area contributed by atoms with Crippen molar-refractivity contribution in [1.82, 2.24) is 14.5 Å². The average molecular weight is 443 g/mol. The van der Waals surface area contributed by atoms with Gasteiger partial charge in [0.05, 0.1) is 48.8 Å². The van der Waals surface area contributed by atoms with Crippen LogP contribution in [0.5, 0.6) is 11.5 Å². The van der Waals surface area contributed by atoms with Crippen LogP contribution in [-0.2, 0) is 11.3 Å². The van der Waals surface area contributed by atoms with E-state index in [4.69, 9.17) is 21.1 Å². The van der Waals surface area contributed by atoms with E-state index in [0.29, 0.717) is 34.7 Å². The molecule has 0 unspecified atom stereocenters. The lowest BCUT2D eigenvalue weighted by molar-refractivity contribution is -0.117. The molecule has 0 saturated carbocycles. The van der Waals surface area contributed by atoms with Crippen molar-refractivity contribution in [2.75, 3.05) is 39.2 Å². The number of fused-ring (bicyclic) bond motifs is 1. The number of benzene rings is 2. The molecule has 1 amide bonds. The zero-order valence-electron chi connectivity index (χ0n) is 17.8. The maximum absolute atomic E-state index is 12.6. The molecule has 1 saturated heterocycles. The number of imidazole rings is 1. The number of anilines is 1. The standard InChI is InChI=1S/C23H27ClN4O3/c1-30-21-12-22(31-2)19(11-17(21)24)26-23(29)14-27-9-7-16(8-10-27)13-28-15-25-18-5-3-4-6-20(18)28/h3-6,11-12,15-16H,7-10,13-14H2,1-2H3,(H,26,29). The minimum atomic E-state index is -0.0846. The molecule has 7 nitrogen and oxygen atoms in total. The molecule has 2 aromatic carbocycles. The lowest BCUT2D eigenvalue weighted by Crippen LogP contribution is -2.40. The number of nitrogens with zero attached hydrogens (tertiary/aromatic N) is 3. The monoisotopic (exact) mass is 442 g/mol. The molecule has 0 atom stereocenters. The van der Waals surface area contributed by atoms with Crippen LogP contribution in [0.3, 0.4) is 0 Å². The number of halogens is 1. The highest BCUT2D eigenvalue weighted by atomic mass is 35.5. The Morgan fingerprint density at radius 2 is 1.90 bits per heavy atom. The second-order valence-electron chi connectivity index (χ2n) is 7.84. The molecule has 8 heteroatoms. The van der Waals surface area contributed by atoms with Gasteiger partial charge in [0.2, 0.25) is 5.91 Å². The van der Waals surface area contributed by atoms with Crippen LogP contribution in [0.4, 0.5) is 5.69 Å². The van der Waals surface area contributed by atoms with Crippen LogP contribution in [0.1, 0.15) is 12.8 Å². The van der Waals surface area contributed by atoms with Crippen molar-refractivity contribution in [3.8, 4) is 11.5 Å². The molecular formula is C23H27ClN4O3. The van der Waals surface area contributed by atoms with Gasteiger partial charge in [0.1, 0.15) is 11.5 Å². The summed E-state index contributed by atoms with van der Waals surface area (Å²) in [5.41, 5.74) is 2.75. The smallest absolute Gasteiger partial charge is 0.238 e. The fourth-order valence-electron chi connectivity index (χ4n) is 4.11. The lowest BCUT2D eigenvalue weighted by Gasteiger charge is -2.31. The Bertz CT molecular complexity index is 1060. The summed E-state index contributed by atoms with van der Waals surface area (Å²) in [6, 6.07) is 11.5. The van der Waals surface area contributed by atoms with Crippen molar-refractivity contribution in [1.29, 1.82) is 0 Å². The molecule has 1 fully saturated rings. The summed E-state index contributed by atoms with van der Waals surface area (Å²) in [7, 11) is 3.09. The second kappa shape index (κ2) is 9.58.